The topological polar surface area (TPSA) is 64.9 Å². The van der Waals surface area contributed by atoms with Gasteiger partial charge in [-0.05, 0) is 34.9 Å². The first-order chi connectivity index (χ1) is 11.2. The predicted octanol–water partition coefficient (Wildman–Crippen LogP) is 2.82. The van der Waals surface area contributed by atoms with E-state index in [0.717, 1.165) is 42.0 Å². The Morgan fingerprint density at radius 3 is 2.61 bits per heavy atom. The van der Waals surface area contributed by atoms with Crippen LogP contribution in [0.15, 0.2) is 41.6 Å². The van der Waals surface area contributed by atoms with E-state index >= 15 is 0 Å². The molecule has 4 rings (SSSR count). The number of anilines is 1. The maximum atomic E-state index is 12.0. The van der Waals surface area contributed by atoms with Crippen molar-refractivity contribution in [1.82, 2.24) is 4.90 Å². The van der Waals surface area contributed by atoms with E-state index in [4.69, 9.17) is 0 Å². The molecule has 0 spiro atoms. The highest BCUT2D eigenvalue weighted by Crippen LogP contribution is 2.41. The summed E-state index contributed by atoms with van der Waals surface area (Å²) < 4.78 is 0. The number of nitrogens with zero attached hydrogens (tertiary/aromatic N) is 2. The first-order valence-corrected chi connectivity index (χ1v) is 7.73. The summed E-state index contributed by atoms with van der Waals surface area (Å²) >= 11 is 0. The number of amides is 1. The Bertz CT molecular complexity index is 828. The van der Waals surface area contributed by atoms with Crippen LogP contribution in [0.3, 0.4) is 0 Å². The third kappa shape index (κ3) is 2.04. The Morgan fingerprint density at radius 1 is 1.17 bits per heavy atom. The summed E-state index contributed by atoms with van der Waals surface area (Å²) in [6.45, 7) is 4.75. The van der Waals surface area contributed by atoms with Crippen LogP contribution < -0.4 is 5.32 Å². The molecule has 2 aromatic rings. The molecule has 2 N–H and O–H groups in total. The lowest BCUT2D eigenvalue weighted by Crippen LogP contribution is -2.16. The highest BCUT2D eigenvalue weighted by Gasteiger charge is 2.34. The lowest BCUT2D eigenvalue weighted by Gasteiger charge is -2.12. The van der Waals surface area contributed by atoms with Crippen molar-refractivity contribution < 1.29 is 10.0 Å². The fraction of sp³-hybridized carbons (Fsp3) is 0.222. The van der Waals surface area contributed by atoms with Crippen molar-refractivity contribution in [2.24, 2.45) is 5.16 Å². The molecule has 0 aliphatic carbocycles. The molecule has 2 aliphatic rings. The molecule has 0 aromatic heterocycles. The minimum absolute atomic E-state index is 0.0925. The van der Waals surface area contributed by atoms with Gasteiger partial charge >= 0.3 is 0 Å². The van der Waals surface area contributed by atoms with Gasteiger partial charge in [0.05, 0.1) is 5.69 Å². The van der Waals surface area contributed by atoms with Crippen LogP contribution in [0.5, 0.6) is 0 Å². The number of carbonyl (C=O) groups excluding carboxylic acids is 1. The zero-order chi connectivity index (χ0) is 16.0. The van der Waals surface area contributed by atoms with Crippen LogP contribution in [0.25, 0.3) is 11.1 Å². The quantitative estimate of drug-likeness (QED) is 0.662. The monoisotopic (exact) mass is 307 g/mol. The summed E-state index contributed by atoms with van der Waals surface area (Å²) in [5, 5.41) is 15.3. The van der Waals surface area contributed by atoms with Crippen molar-refractivity contribution >= 4 is 17.3 Å². The van der Waals surface area contributed by atoms with Crippen molar-refractivity contribution in [2.75, 3.05) is 11.9 Å². The first-order valence-electron chi connectivity index (χ1n) is 7.73. The van der Waals surface area contributed by atoms with Crippen molar-refractivity contribution in [3.05, 3.63) is 53.1 Å². The standard InChI is InChI=1S/C18H17N3O2/c1-2-21-9-14-12(11-6-4-3-5-7-11)8-13-16(15(14)10-21)19-18(22)17(13)20-23/h3-8,23H,2,9-10H2,1H3,(H,19,20,22). The predicted molar refractivity (Wildman–Crippen MR) is 88.6 cm³/mol. The van der Waals surface area contributed by atoms with Gasteiger partial charge in [0, 0.05) is 18.7 Å². The average molecular weight is 307 g/mol. The van der Waals surface area contributed by atoms with Crippen molar-refractivity contribution in [3.8, 4) is 11.1 Å². The van der Waals surface area contributed by atoms with E-state index in [-0.39, 0.29) is 11.6 Å². The molecule has 0 saturated heterocycles. The van der Waals surface area contributed by atoms with Gasteiger partial charge in [-0.2, -0.15) is 0 Å². The van der Waals surface area contributed by atoms with Crippen LogP contribution >= 0.6 is 0 Å². The SMILES string of the molecule is CCN1Cc2c(-c3ccccc3)cc3c(c2C1)NC(=O)C3=NO. The Labute approximate surface area is 134 Å². The maximum Gasteiger partial charge on any atom is 0.278 e. The molecule has 2 aliphatic heterocycles. The highest BCUT2D eigenvalue weighted by atomic mass is 16.4. The Balaban J connectivity index is 1.98. The third-order valence-electron chi connectivity index (χ3n) is 4.65. The van der Waals surface area contributed by atoms with E-state index in [1.165, 1.54) is 5.56 Å². The third-order valence-corrected chi connectivity index (χ3v) is 4.65. The number of nitrogens with one attached hydrogen (secondary N) is 1. The molecule has 0 atom stereocenters. The van der Waals surface area contributed by atoms with Crippen LogP contribution in [-0.4, -0.2) is 28.3 Å². The van der Waals surface area contributed by atoms with E-state index in [0.29, 0.717) is 5.56 Å². The van der Waals surface area contributed by atoms with Gasteiger partial charge in [0.15, 0.2) is 5.71 Å². The smallest absolute Gasteiger partial charge is 0.278 e. The molecule has 0 radical (unpaired) electrons. The molecule has 0 fully saturated rings. The van der Waals surface area contributed by atoms with Gasteiger partial charge < -0.3 is 10.5 Å². The minimum Gasteiger partial charge on any atom is -0.410 e. The van der Waals surface area contributed by atoms with E-state index in [1.54, 1.807) is 0 Å². The van der Waals surface area contributed by atoms with E-state index < -0.39 is 0 Å². The summed E-state index contributed by atoms with van der Waals surface area (Å²) in [6.07, 6.45) is 0. The molecular formula is C18H17N3O2. The summed E-state index contributed by atoms with van der Waals surface area (Å²) in [7, 11) is 0. The van der Waals surface area contributed by atoms with Gasteiger partial charge in [0.2, 0.25) is 0 Å². The largest absolute Gasteiger partial charge is 0.410 e. The average Bonchev–Trinajstić information content (AvgIpc) is 3.14. The van der Waals surface area contributed by atoms with Gasteiger partial charge in [-0.15, -0.1) is 0 Å². The first kappa shape index (κ1) is 14.0. The molecule has 1 amide bonds. The van der Waals surface area contributed by atoms with Gasteiger partial charge in [0.1, 0.15) is 0 Å². The van der Waals surface area contributed by atoms with Crippen LogP contribution in [0.1, 0.15) is 23.6 Å². The molecule has 2 aromatic carbocycles. The van der Waals surface area contributed by atoms with Gasteiger partial charge in [-0.3, -0.25) is 9.69 Å². The minimum atomic E-state index is -0.343. The van der Waals surface area contributed by atoms with Crippen LogP contribution in [0.4, 0.5) is 5.69 Å². The highest BCUT2D eigenvalue weighted by molar-refractivity contribution is 6.54. The fourth-order valence-electron chi connectivity index (χ4n) is 3.46. The number of oxime groups is 1. The second-order valence-corrected chi connectivity index (χ2v) is 5.88. The van der Waals surface area contributed by atoms with Crippen molar-refractivity contribution in [3.63, 3.8) is 0 Å². The second kappa shape index (κ2) is 5.21. The van der Waals surface area contributed by atoms with Crippen LogP contribution in [0.2, 0.25) is 0 Å². The summed E-state index contributed by atoms with van der Waals surface area (Å²) in [5.41, 5.74) is 6.18. The molecular weight excluding hydrogens is 290 g/mol. The van der Waals surface area contributed by atoms with Gasteiger partial charge in [-0.25, -0.2) is 0 Å². The molecule has 0 unspecified atom stereocenters. The number of hydrogen-bond donors (Lipinski definition) is 2. The molecule has 23 heavy (non-hydrogen) atoms. The zero-order valence-electron chi connectivity index (χ0n) is 12.8. The molecule has 5 heteroatoms. The van der Waals surface area contributed by atoms with E-state index in [9.17, 15) is 10.0 Å². The number of carbonyl (C=O) groups is 1. The molecule has 0 bridgehead atoms. The molecule has 0 saturated carbocycles. The molecule has 2 heterocycles. The molecule has 5 nitrogen and oxygen atoms in total. The van der Waals surface area contributed by atoms with Crippen molar-refractivity contribution in [1.29, 1.82) is 0 Å². The second-order valence-electron chi connectivity index (χ2n) is 5.88. The number of rotatable bonds is 2. The number of hydrogen-bond acceptors (Lipinski definition) is 4. The number of fused-ring (bicyclic) bond motifs is 3. The summed E-state index contributed by atoms with van der Waals surface area (Å²) in [5.74, 6) is -0.343. The van der Waals surface area contributed by atoms with Crippen molar-refractivity contribution in [2.45, 2.75) is 20.0 Å². The van der Waals surface area contributed by atoms with Gasteiger partial charge in [0.25, 0.3) is 5.91 Å². The summed E-state index contributed by atoms with van der Waals surface area (Å²) in [6, 6.07) is 12.1. The Kier molecular flexibility index (Phi) is 3.16. The van der Waals surface area contributed by atoms with Crippen LogP contribution in [-0.2, 0) is 17.9 Å². The summed E-state index contributed by atoms with van der Waals surface area (Å²) in [4.78, 5) is 14.4. The fourth-order valence-corrected chi connectivity index (χ4v) is 3.46. The zero-order valence-corrected chi connectivity index (χ0v) is 12.8. The van der Waals surface area contributed by atoms with E-state index in [2.05, 4.69) is 34.4 Å². The number of benzene rings is 2. The lowest BCUT2D eigenvalue weighted by atomic mass is 9.92. The maximum absolute atomic E-state index is 12.0. The van der Waals surface area contributed by atoms with Crippen LogP contribution in [0, 0.1) is 0 Å². The Hall–Kier alpha value is -2.66. The Morgan fingerprint density at radius 2 is 1.91 bits per heavy atom. The molecule has 116 valence electrons. The normalized spacial score (nSPS) is 18.1. The van der Waals surface area contributed by atoms with Gasteiger partial charge in [-0.1, -0.05) is 42.4 Å². The van der Waals surface area contributed by atoms with E-state index in [1.807, 2.05) is 24.3 Å². The lowest BCUT2D eigenvalue weighted by molar-refractivity contribution is -0.110.